The van der Waals surface area contributed by atoms with Gasteiger partial charge < -0.3 is 20.4 Å². The van der Waals surface area contributed by atoms with Crippen molar-refractivity contribution in [3.63, 3.8) is 0 Å². The van der Waals surface area contributed by atoms with Gasteiger partial charge in [-0.3, -0.25) is 0 Å². The Morgan fingerprint density at radius 1 is 0.643 bits per heavy atom. The van der Waals surface area contributed by atoms with Crippen molar-refractivity contribution < 1.29 is 9.59 Å². The average Bonchev–Trinajstić information content (AvgIpc) is 2.63. The van der Waals surface area contributed by atoms with Gasteiger partial charge in [-0.2, -0.15) is 0 Å². The molecule has 6 heteroatoms. The molecule has 0 heterocycles. The number of nitrogens with zero attached hydrogens (tertiary/aromatic N) is 2. The average molecular weight is 399 g/mol. The van der Waals surface area contributed by atoms with Gasteiger partial charge in [-0.1, -0.05) is 52.4 Å². The Morgan fingerprint density at radius 2 is 1.00 bits per heavy atom. The minimum atomic E-state index is -0.0322. The van der Waals surface area contributed by atoms with Gasteiger partial charge >= 0.3 is 12.1 Å². The first-order valence-corrected chi connectivity index (χ1v) is 11.4. The summed E-state index contributed by atoms with van der Waals surface area (Å²) in [6, 6.07) is 0.133. The lowest BCUT2D eigenvalue weighted by atomic mass is 10.2. The number of unbranched alkanes of at least 4 members (excludes halogenated alkanes) is 6. The molecule has 0 saturated heterocycles. The van der Waals surface area contributed by atoms with Crippen LogP contribution in [0.2, 0.25) is 0 Å². The van der Waals surface area contributed by atoms with E-state index in [-0.39, 0.29) is 24.1 Å². The van der Waals surface area contributed by atoms with E-state index in [1.165, 1.54) is 25.7 Å². The predicted molar refractivity (Wildman–Crippen MR) is 119 cm³/mol. The standard InChI is InChI=1S/C22H46N4O2/c1-7-9-11-13-15-23-21(27)25(19(3)4)17-18-26(20(5)6)22(28)24-16-14-12-10-8-2/h19-20H,7-18H2,1-6H3,(H,23,27)(H,24,28). The van der Waals surface area contributed by atoms with Crippen LogP contribution >= 0.6 is 0 Å². The molecule has 0 aromatic rings. The van der Waals surface area contributed by atoms with Gasteiger partial charge in [-0.15, -0.1) is 0 Å². The van der Waals surface area contributed by atoms with Crippen LogP contribution in [0.3, 0.4) is 0 Å². The molecule has 0 aromatic carbocycles. The van der Waals surface area contributed by atoms with Crippen molar-refractivity contribution in [3.8, 4) is 0 Å². The minimum absolute atomic E-state index is 0.0322. The summed E-state index contributed by atoms with van der Waals surface area (Å²) in [4.78, 5) is 28.7. The molecule has 0 spiro atoms. The maximum absolute atomic E-state index is 12.5. The van der Waals surface area contributed by atoms with Gasteiger partial charge in [0.05, 0.1) is 0 Å². The number of hydrogen-bond acceptors (Lipinski definition) is 2. The molecule has 4 amide bonds. The summed E-state index contributed by atoms with van der Waals surface area (Å²) in [5, 5.41) is 6.05. The summed E-state index contributed by atoms with van der Waals surface area (Å²) in [5.41, 5.74) is 0. The second-order valence-corrected chi connectivity index (χ2v) is 8.16. The molecule has 0 fully saturated rings. The fraction of sp³-hybridized carbons (Fsp3) is 0.909. The normalized spacial score (nSPS) is 11.0. The van der Waals surface area contributed by atoms with E-state index in [0.29, 0.717) is 26.2 Å². The topological polar surface area (TPSA) is 64.7 Å². The zero-order valence-electron chi connectivity index (χ0n) is 19.4. The highest BCUT2D eigenvalue weighted by molar-refractivity contribution is 5.75. The van der Waals surface area contributed by atoms with Crippen molar-refractivity contribution in [2.24, 2.45) is 0 Å². The van der Waals surface area contributed by atoms with Gasteiger partial charge in [0, 0.05) is 38.3 Å². The van der Waals surface area contributed by atoms with Crippen LogP contribution in [0.4, 0.5) is 9.59 Å². The van der Waals surface area contributed by atoms with Gasteiger partial charge in [-0.25, -0.2) is 9.59 Å². The molecule has 0 rings (SSSR count). The number of hydrogen-bond donors (Lipinski definition) is 2. The molecular formula is C22H46N4O2. The largest absolute Gasteiger partial charge is 0.338 e. The van der Waals surface area contributed by atoms with E-state index < -0.39 is 0 Å². The molecule has 0 saturated carbocycles. The van der Waals surface area contributed by atoms with Crippen LogP contribution in [-0.2, 0) is 0 Å². The van der Waals surface area contributed by atoms with Crippen LogP contribution in [0, 0.1) is 0 Å². The van der Waals surface area contributed by atoms with Crippen LogP contribution in [0.15, 0.2) is 0 Å². The lowest BCUT2D eigenvalue weighted by Crippen LogP contribution is -2.51. The Bertz CT molecular complexity index is 375. The molecular weight excluding hydrogens is 352 g/mol. The maximum atomic E-state index is 12.5. The van der Waals surface area contributed by atoms with Gasteiger partial charge in [0.2, 0.25) is 0 Å². The maximum Gasteiger partial charge on any atom is 0.317 e. The summed E-state index contributed by atoms with van der Waals surface area (Å²) in [7, 11) is 0. The van der Waals surface area contributed by atoms with Crippen molar-refractivity contribution >= 4 is 12.1 Å². The molecule has 0 unspecified atom stereocenters. The highest BCUT2D eigenvalue weighted by Crippen LogP contribution is 2.05. The molecule has 0 bridgehead atoms. The van der Waals surface area contributed by atoms with E-state index >= 15 is 0 Å². The third-order valence-corrected chi connectivity index (χ3v) is 4.96. The molecule has 0 aliphatic heterocycles. The number of carbonyl (C=O) groups is 2. The summed E-state index contributed by atoms with van der Waals surface area (Å²) < 4.78 is 0. The minimum Gasteiger partial charge on any atom is -0.338 e. The Hall–Kier alpha value is -1.46. The molecule has 28 heavy (non-hydrogen) atoms. The highest BCUT2D eigenvalue weighted by atomic mass is 16.2. The number of rotatable bonds is 15. The van der Waals surface area contributed by atoms with Crippen LogP contribution in [0.1, 0.15) is 92.9 Å². The van der Waals surface area contributed by atoms with Crippen molar-refractivity contribution in [3.05, 3.63) is 0 Å². The fourth-order valence-electron chi connectivity index (χ4n) is 3.10. The molecule has 0 atom stereocenters. The zero-order valence-corrected chi connectivity index (χ0v) is 19.4. The van der Waals surface area contributed by atoms with E-state index in [1.807, 2.05) is 37.5 Å². The van der Waals surface area contributed by atoms with Crippen LogP contribution in [0.25, 0.3) is 0 Å². The number of amides is 4. The van der Waals surface area contributed by atoms with Gasteiger partial charge in [0.1, 0.15) is 0 Å². The van der Waals surface area contributed by atoms with Crippen molar-refractivity contribution in [1.29, 1.82) is 0 Å². The number of nitrogens with one attached hydrogen (secondary N) is 2. The van der Waals surface area contributed by atoms with Crippen molar-refractivity contribution in [2.75, 3.05) is 26.2 Å². The quantitative estimate of drug-likeness (QED) is 0.382. The van der Waals surface area contributed by atoms with Gasteiger partial charge in [0.15, 0.2) is 0 Å². The smallest absolute Gasteiger partial charge is 0.317 e. The Balaban J connectivity index is 4.47. The summed E-state index contributed by atoms with van der Waals surface area (Å²) >= 11 is 0. The molecule has 2 N–H and O–H groups in total. The summed E-state index contributed by atoms with van der Waals surface area (Å²) in [5.74, 6) is 0. The second-order valence-electron chi connectivity index (χ2n) is 8.16. The third kappa shape index (κ3) is 12.1. The van der Waals surface area contributed by atoms with Crippen molar-refractivity contribution in [1.82, 2.24) is 20.4 Å². The summed E-state index contributed by atoms with van der Waals surface area (Å²) in [6.07, 6.45) is 9.14. The monoisotopic (exact) mass is 398 g/mol. The fourth-order valence-corrected chi connectivity index (χ4v) is 3.10. The Kier molecular flexibility index (Phi) is 15.6. The first kappa shape index (κ1) is 26.5. The highest BCUT2D eigenvalue weighted by Gasteiger charge is 2.21. The van der Waals surface area contributed by atoms with E-state index in [0.717, 1.165) is 25.7 Å². The first-order chi connectivity index (χ1) is 13.3. The predicted octanol–water partition coefficient (Wildman–Crippen LogP) is 4.99. The van der Waals surface area contributed by atoms with Gasteiger partial charge in [-0.05, 0) is 40.5 Å². The molecule has 6 nitrogen and oxygen atoms in total. The SMILES string of the molecule is CCCCCCNC(=O)N(CCN(C(=O)NCCCCCC)C(C)C)C(C)C. The van der Waals surface area contributed by atoms with E-state index in [1.54, 1.807) is 0 Å². The van der Waals surface area contributed by atoms with E-state index in [9.17, 15) is 9.59 Å². The van der Waals surface area contributed by atoms with Crippen LogP contribution < -0.4 is 10.6 Å². The molecule has 0 aromatic heterocycles. The van der Waals surface area contributed by atoms with Crippen LogP contribution in [0.5, 0.6) is 0 Å². The molecule has 0 radical (unpaired) electrons. The zero-order chi connectivity index (χ0) is 21.4. The van der Waals surface area contributed by atoms with Crippen molar-refractivity contribution in [2.45, 2.75) is 105 Å². The van der Waals surface area contributed by atoms with E-state index in [4.69, 9.17) is 0 Å². The first-order valence-electron chi connectivity index (χ1n) is 11.4. The van der Waals surface area contributed by atoms with Gasteiger partial charge in [0.25, 0.3) is 0 Å². The third-order valence-electron chi connectivity index (χ3n) is 4.96. The molecule has 166 valence electrons. The van der Waals surface area contributed by atoms with Crippen LogP contribution in [-0.4, -0.2) is 60.1 Å². The number of urea groups is 2. The molecule has 0 aliphatic carbocycles. The Morgan fingerprint density at radius 3 is 1.29 bits per heavy atom. The lowest BCUT2D eigenvalue weighted by Gasteiger charge is -2.32. The number of carbonyl (C=O) groups excluding carboxylic acids is 2. The lowest BCUT2D eigenvalue weighted by molar-refractivity contribution is 0.154. The second kappa shape index (κ2) is 16.5. The van der Waals surface area contributed by atoms with E-state index in [2.05, 4.69) is 24.5 Å². The Labute approximate surface area is 173 Å². The molecule has 0 aliphatic rings. The summed E-state index contributed by atoms with van der Waals surface area (Å²) in [6.45, 7) is 15.0.